The summed E-state index contributed by atoms with van der Waals surface area (Å²) in [5.41, 5.74) is 0. The van der Waals surface area contributed by atoms with Crippen LogP contribution in [0.15, 0.2) is 146 Å². The maximum atomic E-state index is 9.59. The van der Waals surface area contributed by atoms with Crippen LogP contribution in [0.25, 0.3) is 0 Å². The average Bonchev–Trinajstić information content (AvgIpc) is 4.22. The molecule has 0 aliphatic heterocycles. The van der Waals surface area contributed by atoms with E-state index in [9.17, 15) is 19.2 Å². The van der Waals surface area contributed by atoms with Gasteiger partial charge in [-0.05, 0) is 85.9 Å². The Kier molecular flexibility index (Phi) is 38.8. The van der Waals surface area contributed by atoms with Crippen LogP contribution in [-0.4, -0.2) is 52.3 Å². The molecular formula is C55H82O8. The lowest BCUT2D eigenvalue weighted by Gasteiger charge is -2.40. The summed E-state index contributed by atoms with van der Waals surface area (Å²) in [6, 6.07) is 48.0. The minimum absolute atomic E-state index is 0.245. The Morgan fingerprint density at radius 3 is 0.651 bits per heavy atom. The number of esters is 4. The van der Waals surface area contributed by atoms with Crippen molar-refractivity contribution in [1.82, 2.24) is 0 Å². The Morgan fingerprint density at radius 1 is 0.317 bits per heavy atom. The smallest absolute Gasteiger partial charge is 0.302 e. The van der Waals surface area contributed by atoms with Gasteiger partial charge in [-0.1, -0.05) is 180 Å². The molecule has 5 fully saturated rings. The summed E-state index contributed by atoms with van der Waals surface area (Å²) < 4.78 is 16.4. The first-order chi connectivity index (χ1) is 30.5. The molecule has 0 heterocycles. The number of carbonyl (C=O) groups is 4. The molecule has 0 saturated heterocycles. The van der Waals surface area contributed by atoms with Crippen molar-refractivity contribution in [2.45, 2.75) is 100 Å². The number of benzene rings is 4. The molecule has 0 radical (unpaired) electrons. The number of rotatable bonds is 0. The van der Waals surface area contributed by atoms with Gasteiger partial charge in [0.1, 0.15) is 0 Å². The molecule has 5 aliphatic rings. The van der Waals surface area contributed by atoms with E-state index in [2.05, 4.69) is 18.9 Å². The zero-order valence-corrected chi connectivity index (χ0v) is 40.7. The van der Waals surface area contributed by atoms with Crippen molar-refractivity contribution in [1.29, 1.82) is 0 Å². The van der Waals surface area contributed by atoms with Crippen LogP contribution in [0.2, 0.25) is 0 Å². The third-order valence-electron chi connectivity index (χ3n) is 11.1. The Balaban J connectivity index is 0. The maximum Gasteiger partial charge on any atom is 0.302 e. The summed E-state index contributed by atoms with van der Waals surface area (Å²) in [6.45, 7) is 13.4. The first-order valence-corrected chi connectivity index (χ1v) is 22.7. The van der Waals surface area contributed by atoms with Crippen molar-refractivity contribution in [2.75, 3.05) is 28.4 Å². The van der Waals surface area contributed by atoms with E-state index in [-0.39, 0.29) is 23.9 Å². The monoisotopic (exact) mass is 871 g/mol. The second-order valence-electron chi connectivity index (χ2n) is 14.7. The fraction of sp³-hybridized carbons (Fsp3) is 0.491. The van der Waals surface area contributed by atoms with Crippen molar-refractivity contribution in [3.63, 3.8) is 0 Å². The second-order valence-corrected chi connectivity index (χ2v) is 14.7. The van der Waals surface area contributed by atoms with Crippen molar-refractivity contribution < 1.29 is 38.1 Å². The number of ether oxygens (including phenoxy) is 4. The molecule has 8 heteroatoms. The molecule has 5 aliphatic carbocycles. The van der Waals surface area contributed by atoms with E-state index in [0.717, 1.165) is 0 Å². The van der Waals surface area contributed by atoms with Crippen LogP contribution in [0.3, 0.4) is 0 Å². The Morgan fingerprint density at radius 2 is 0.492 bits per heavy atom. The Labute approximate surface area is 382 Å². The van der Waals surface area contributed by atoms with Gasteiger partial charge < -0.3 is 18.9 Å². The van der Waals surface area contributed by atoms with Crippen LogP contribution in [-0.2, 0) is 38.1 Å². The van der Waals surface area contributed by atoms with Gasteiger partial charge in [-0.3, -0.25) is 19.2 Å². The van der Waals surface area contributed by atoms with Crippen LogP contribution >= 0.6 is 0 Å². The molecule has 4 bridgehead atoms. The number of hydrogen-bond donors (Lipinski definition) is 0. The molecule has 63 heavy (non-hydrogen) atoms. The largest absolute Gasteiger partial charge is 0.469 e. The van der Waals surface area contributed by atoms with Gasteiger partial charge >= 0.3 is 23.9 Å². The predicted octanol–water partition coefficient (Wildman–Crippen LogP) is 13.2. The Hall–Kier alpha value is -5.24. The molecule has 8 nitrogen and oxygen atoms in total. The van der Waals surface area contributed by atoms with Crippen LogP contribution < -0.4 is 0 Å². The average molecular weight is 871 g/mol. The molecule has 0 amide bonds. The van der Waals surface area contributed by atoms with Gasteiger partial charge in [0, 0.05) is 27.7 Å². The molecule has 0 spiro atoms. The predicted molar refractivity (Wildman–Crippen MR) is 259 cm³/mol. The van der Waals surface area contributed by atoms with Crippen LogP contribution in [0, 0.1) is 47.3 Å². The fourth-order valence-electron chi connectivity index (χ4n) is 8.82. The summed E-state index contributed by atoms with van der Waals surface area (Å²) >= 11 is 0. The van der Waals surface area contributed by atoms with E-state index < -0.39 is 0 Å². The quantitative estimate of drug-likeness (QED) is 0.0977. The van der Waals surface area contributed by atoms with Gasteiger partial charge in [-0.15, -0.1) is 0 Å². The SMILES string of the molecule is C1CC2C(C1)C1CC2C2C3CCC(C3)C12.CC.CC.COC(C)=O.COC(C)=O.COC(C)=O.COC(C)=O.c1ccccc1.c1ccccc1.c1ccccc1.c1ccccc1. The molecule has 8 atom stereocenters. The van der Waals surface area contributed by atoms with Gasteiger partial charge in [-0.2, -0.15) is 0 Å². The molecule has 4 aromatic carbocycles. The lowest BCUT2D eigenvalue weighted by atomic mass is 9.64. The molecule has 8 unspecified atom stereocenters. The highest BCUT2D eigenvalue weighted by Gasteiger charge is 2.65. The first-order valence-electron chi connectivity index (χ1n) is 22.7. The lowest BCUT2D eigenvalue weighted by Crippen LogP contribution is -2.35. The second kappa shape index (κ2) is 40.8. The fourth-order valence-corrected chi connectivity index (χ4v) is 8.82. The van der Waals surface area contributed by atoms with E-state index in [1.165, 1.54) is 103 Å². The summed E-state index contributed by atoms with van der Waals surface area (Å²) in [4.78, 5) is 38.4. The van der Waals surface area contributed by atoms with E-state index in [0.29, 0.717) is 0 Å². The normalized spacial score (nSPS) is 21.8. The Bertz CT molecular complexity index is 1290. The topological polar surface area (TPSA) is 105 Å². The highest BCUT2D eigenvalue weighted by atomic mass is 16.5. The molecule has 4 aromatic rings. The highest BCUT2D eigenvalue weighted by molar-refractivity contribution is 5.66. The van der Waals surface area contributed by atoms with Crippen molar-refractivity contribution in [3.05, 3.63) is 146 Å². The van der Waals surface area contributed by atoms with Gasteiger partial charge in [0.05, 0.1) is 28.4 Å². The highest BCUT2D eigenvalue weighted by Crippen LogP contribution is 2.72. The van der Waals surface area contributed by atoms with E-state index in [1.54, 1.807) is 44.9 Å². The first kappa shape index (κ1) is 59.9. The molecule has 350 valence electrons. The van der Waals surface area contributed by atoms with Crippen molar-refractivity contribution in [3.8, 4) is 0 Å². The standard InChI is InChI=1S/C15H22.4C6H6.4C3H6O2.2C2H6/c1-2-10-11(3-1)13-7-12(10)14-8-4-5-9(6-8)15(13)14;4*1-2-4-6-5-3-1;4*1-3(4)5-2;2*1-2/h8-15H,1-7H2;4*1-6H;4*1-2H3;2*1-2H3. The third kappa shape index (κ3) is 28.1. The van der Waals surface area contributed by atoms with Crippen LogP contribution in [0.5, 0.6) is 0 Å². The summed E-state index contributed by atoms with van der Waals surface area (Å²) in [5, 5.41) is 0. The maximum absolute atomic E-state index is 9.59. The minimum atomic E-state index is -0.245. The number of carbonyl (C=O) groups excluding carboxylic acids is 4. The van der Waals surface area contributed by atoms with Gasteiger partial charge in [0.15, 0.2) is 0 Å². The van der Waals surface area contributed by atoms with Gasteiger partial charge in [0.2, 0.25) is 0 Å². The molecule has 0 N–H and O–H groups in total. The lowest BCUT2D eigenvalue weighted by molar-refractivity contribution is -0.138. The van der Waals surface area contributed by atoms with E-state index in [4.69, 9.17) is 0 Å². The summed E-state index contributed by atoms with van der Waals surface area (Å²) in [7, 11) is 5.40. The summed E-state index contributed by atoms with van der Waals surface area (Å²) in [6.07, 6.45) is 11.4. The zero-order valence-electron chi connectivity index (χ0n) is 40.7. The molecule has 5 saturated carbocycles. The zero-order chi connectivity index (χ0) is 47.7. The molecule has 0 aromatic heterocycles. The van der Waals surface area contributed by atoms with Crippen molar-refractivity contribution >= 4 is 23.9 Å². The minimum Gasteiger partial charge on any atom is -0.469 e. The number of methoxy groups -OCH3 is 4. The van der Waals surface area contributed by atoms with Crippen molar-refractivity contribution in [2.24, 2.45) is 47.3 Å². The molecular weight excluding hydrogens is 789 g/mol. The third-order valence-corrected chi connectivity index (χ3v) is 11.1. The van der Waals surface area contributed by atoms with Crippen LogP contribution in [0.1, 0.15) is 100 Å². The van der Waals surface area contributed by atoms with Gasteiger partial charge in [-0.25, -0.2) is 0 Å². The van der Waals surface area contributed by atoms with E-state index >= 15 is 0 Å². The summed E-state index contributed by atoms with van der Waals surface area (Å²) in [5.74, 6) is 8.80. The van der Waals surface area contributed by atoms with E-state index in [1.807, 2.05) is 173 Å². The molecule has 9 rings (SSSR count). The number of hydrogen-bond acceptors (Lipinski definition) is 8. The number of fused-ring (bicyclic) bond motifs is 12. The van der Waals surface area contributed by atoms with Crippen LogP contribution in [0.4, 0.5) is 0 Å². The van der Waals surface area contributed by atoms with Gasteiger partial charge in [0.25, 0.3) is 0 Å².